The first-order valence-electron chi connectivity index (χ1n) is 1.98. The molecule has 0 rings (SSSR count). The Morgan fingerprint density at radius 3 is 1.70 bits per heavy atom. The van der Waals surface area contributed by atoms with E-state index in [-0.39, 0.29) is 17.1 Å². The summed E-state index contributed by atoms with van der Waals surface area (Å²) in [4.78, 5) is 0. The SMILES string of the molecule is C=C(C)Cl.CC#CF.Cl.F. The second-order valence-electron chi connectivity index (χ2n) is 1.02. The van der Waals surface area contributed by atoms with Crippen LogP contribution in [0, 0.1) is 12.1 Å². The molecule has 0 aromatic heterocycles. The van der Waals surface area contributed by atoms with Gasteiger partial charge in [-0.1, -0.05) is 24.1 Å². The molecule has 0 aliphatic rings. The van der Waals surface area contributed by atoms with Crippen molar-refractivity contribution in [2.45, 2.75) is 13.8 Å². The summed E-state index contributed by atoms with van der Waals surface area (Å²) in [6, 6.07) is 0. The van der Waals surface area contributed by atoms with E-state index in [4.69, 9.17) is 11.6 Å². The highest BCUT2D eigenvalue weighted by Gasteiger charge is 1.55. The first-order valence-corrected chi connectivity index (χ1v) is 2.36. The molecule has 0 nitrogen and oxygen atoms in total. The van der Waals surface area contributed by atoms with E-state index in [1.807, 2.05) is 5.92 Å². The van der Waals surface area contributed by atoms with Crippen LogP contribution in [0.15, 0.2) is 11.6 Å². The van der Waals surface area contributed by atoms with Crippen LogP contribution in [0.2, 0.25) is 0 Å². The van der Waals surface area contributed by atoms with E-state index in [1.165, 1.54) is 13.1 Å². The van der Waals surface area contributed by atoms with Crippen molar-refractivity contribution in [3.8, 4) is 12.1 Å². The fraction of sp³-hybridized carbons (Fsp3) is 0.333. The van der Waals surface area contributed by atoms with Gasteiger partial charge in [-0.05, 0) is 13.8 Å². The van der Waals surface area contributed by atoms with Crippen molar-refractivity contribution in [3.05, 3.63) is 11.6 Å². The van der Waals surface area contributed by atoms with Gasteiger partial charge in [0.15, 0.2) is 0 Å². The summed E-state index contributed by atoms with van der Waals surface area (Å²) in [6.07, 6.45) is 1.18. The van der Waals surface area contributed by atoms with Crippen molar-refractivity contribution in [3.63, 3.8) is 0 Å². The average molecular weight is 191 g/mol. The molecule has 0 aromatic rings. The van der Waals surface area contributed by atoms with Crippen LogP contribution in [0.1, 0.15) is 13.8 Å². The van der Waals surface area contributed by atoms with Gasteiger partial charge in [-0.3, -0.25) is 4.70 Å². The number of hydrogen-bond donors (Lipinski definition) is 0. The summed E-state index contributed by atoms with van der Waals surface area (Å²) in [5, 5.41) is 0.639. The van der Waals surface area contributed by atoms with Gasteiger partial charge in [-0.15, -0.1) is 16.8 Å². The van der Waals surface area contributed by atoms with Gasteiger partial charge in [0.1, 0.15) is 6.17 Å². The van der Waals surface area contributed by atoms with Crippen LogP contribution in [-0.2, 0) is 0 Å². The Bertz CT molecular complexity index is 103. The van der Waals surface area contributed by atoms with Gasteiger partial charge in [0, 0.05) is 5.03 Å². The molecule has 0 N–H and O–H groups in total. The van der Waals surface area contributed by atoms with E-state index in [0.29, 0.717) is 5.03 Å². The minimum Gasteiger partial charge on any atom is -0.269 e. The van der Waals surface area contributed by atoms with Crippen molar-refractivity contribution in [2.24, 2.45) is 0 Å². The summed E-state index contributed by atoms with van der Waals surface area (Å²) in [5.74, 6) is 2.01. The van der Waals surface area contributed by atoms with Crippen LogP contribution in [0.4, 0.5) is 9.09 Å². The Morgan fingerprint density at radius 1 is 1.60 bits per heavy atom. The Balaban J connectivity index is -0.0000000300. The molecule has 0 fully saturated rings. The Morgan fingerprint density at radius 2 is 1.70 bits per heavy atom. The number of rotatable bonds is 0. The third-order valence-electron chi connectivity index (χ3n) is 0.0945. The molecule has 10 heavy (non-hydrogen) atoms. The molecule has 0 aliphatic heterocycles. The molecule has 0 heterocycles. The lowest BCUT2D eigenvalue weighted by Gasteiger charge is -1.61. The Kier molecular flexibility index (Phi) is 52.6. The van der Waals surface area contributed by atoms with E-state index in [1.54, 1.807) is 6.92 Å². The van der Waals surface area contributed by atoms with Crippen molar-refractivity contribution in [1.82, 2.24) is 0 Å². The van der Waals surface area contributed by atoms with Crippen LogP contribution in [0.5, 0.6) is 0 Å². The van der Waals surface area contributed by atoms with Gasteiger partial charge in [0.2, 0.25) is 0 Å². The van der Waals surface area contributed by atoms with E-state index < -0.39 is 0 Å². The van der Waals surface area contributed by atoms with E-state index in [0.717, 1.165) is 0 Å². The smallest absolute Gasteiger partial charge is 0.105 e. The molecule has 0 bridgehead atoms. The zero-order valence-electron chi connectivity index (χ0n) is 5.78. The summed E-state index contributed by atoms with van der Waals surface area (Å²) in [5.41, 5.74) is 0. The van der Waals surface area contributed by atoms with Crippen LogP contribution in [0.25, 0.3) is 0 Å². The average Bonchev–Trinajstić information content (AvgIpc) is 1.65. The van der Waals surface area contributed by atoms with Crippen LogP contribution in [-0.4, -0.2) is 0 Å². The minimum absolute atomic E-state index is 0. The van der Waals surface area contributed by atoms with Crippen LogP contribution >= 0.6 is 24.0 Å². The van der Waals surface area contributed by atoms with Crippen molar-refractivity contribution in [2.75, 3.05) is 0 Å². The zero-order valence-corrected chi connectivity index (χ0v) is 7.35. The normalized spacial score (nSPS) is 4.00. The standard InChI is InChI=1S/C3H5Cl.C3H3F.ClH.FH/c1-3(2)4;1-2-3-4;;/h1H2,2H3;1H3;2*1H. The van der Waals surface area contributed by atoms with E-state index in [9.17, 15) is 4.39 Å². The molecule has 0 amide bonds. The molecular formula is C6H10Cl2F2. The predicted octanol–water partition coefficient (Wildman–Crippen LogP) is 3.27. The van der Waals surface area contributed by atoms with Gasteiger partial charge in [0.05, 0.1) is 0 Å². The Hall–Kier alpha value is -0.260. The molecule has 0 saturated carbocycles. The van der Waals surface area contributed by atoms with Crippen molar-refractivity contribution in [1.29, 1.82) is 0 Å². The van der Waals surface area contributed by atoms with Gasteiger partial charge in [-0.2, -0.15) is 0 Å². The number of halogens is 4. The number of allylic oxidation sites excluding steroid dienone is 1. The first kappa shape index (κ1) is 22.6. The van der Waals surface area contributed by atoms with Crippen LogP contribution < -0.4 is 0 Å². The third-order valence-corrected chi connectivity index (χ3v) is 0.0945. The van der Waals surface area contributed by atoms with E-state index >= 15 is 0 Å². The molecule has 0 saturated heterocycles. The van der Waals surface area contributed by atoms with Gasteiger partial charge >= 0.3 is 0 Å². The van der Waals surface area contributed by atoms with Crippen molar-refractivity contribution >= 4 is 24.0 Å². The van der Waals surface area contributed by atoms with Gasteiger partial charge in [-0.25, -0.2) is 0 Å². The quantitative estimate of drug-likeness (QED) is 0.515. The summed E-state index contributed by atoms with van der Waals surface area (Å²) >= 11 is 5.08. The highest BCUT2D eigenvalue weighted by Crippen LogP contribution is 1.87. The summed E-state index contributed by atoms with van der Waals surface area (Å²) < 4.78 is 10.4. The molecule has 0 unspecified atom stereocenters. The molecule has 4 heteroatoms. The van der Waals surface area contributed by atoms with Gasteiger partial charge < -0.3 is 0 Å². The fourth-order valence-corrected chi connectivity index (χ4v) is 0. The molecule has 0 radical (unpaired) electrons. The maximum Gasteiger partial charge on any atom is 0.105 e. The molecule has 0 atom stereocenters. The fourth-order valence-electron chi connectivity index (χ4n) is 0. The first-order chi connectivity index (χ1) is 3.65. The summed E-state index contributed by atoms with van der Waals surface area (Å²) in [7, 11) is 0. The molecule has 0 aliphatic carbocycles. The molecular weight excluding hydrogens is 181 g/mol. The molecule has 0 spiro atoms. The maximum absolute atomic E-state index is 10.4. The van der Waals surface area contributed by atoms with Crippen molar-refractivity contribution < 1.29 is 9.09 Å². The highest BCUT2D eigenvalue weighted by molar-refractivity contribution is 6.28. The van der Waals surface area contributed by atoms with Gasteiger partial charge in [0.25, 0.3) is 0 Å². The second kappa shape index (κ2) is 23.3. The molecule has 0 aromatic carbocycles. The summed E-state index contributed by atoms with van der Waals surface area (Å²) in [6.45, 7) is 6.50. The second-order valence-corrected chi connectivity index (χ2v) is 1.67. The monoisotopic (exact) mass is 190 g/mol. The lowest BCUT2D eigenvalue weighted by Crippen LogP contribution is -1.34. The Labute approximate surface area is 71.2 Å². The minimum atomic E-state index is 0. The molecule has 62 valence electrons. The topological polar surface area (TPSA) is 0 Å². The lowest BCUT2D eigenvalue weighted by molar-refractivity contribution is 0.773. The van der Waals surface area contributed by atoms with Crippen LogP contribution in [0.3, 0.4) is 0 Å². The highest BCUT2D eigenvalue weighted by atomic mass is 35.5. The third kappa shape index (κ3) is 642. The lowest BCUT2D eigenvalue weighted by atomic mass is 10.8. The zero-order chi connectivity index (χ0) is 6.99. The number of hydrogen-bond acceptors (Lipinski definition) is 0. The largest absolute Gasteiger partial charge is 0.269 e. The maximum atomic E-state index is 10.4. The van der Waals surface area contributed by atoms with E-state index in [2.05, 4.69) is 6.58 Å². The predicted molar refractivity (Wildman–Crippen MR) is 45.0 cm³/mol.